The van der Waals surface area contributed by atoms with Crippen molar-refractivity contribution >= 4 is 33.9 Å². The maximum atomic E-state index is 6.18. The van der Waals surface area contributed by atoms with E-state index in [1.165, 1.54) is 6.33 Å². The molecule has 0 saturated heterocycles. The van der Waals surface area contributed by atoms with Crippen LogP contribution in [0.2, 0.25) is 0 Å². The Morgan fingerprint density at radius 1 is 1.12 bits per heavy atom. The van der Waals surface area contributed by atoms with Gasteiger partial charge in [-0.3, -0.25) is 4.98 Å². The molecular formula is C17H20N6O. The van der Waals surface area contributed by atoms with Gasteiger partial charge in [-0.1, -0.05) is 18.2 Å². The van der Waals surface area contributed by atoms with Crippen molar-refractivity contribution in [2.75, 3.05) is 36.6 Å². The van der Waals surface area contributed by atoms with Crippen LogP contribution in [0.15, 0.2) is 36.7 Å². The molecule has 7 heteroatoms. The molecule has 0 atom stereocenters. The summed E-state index contributed by atoms with van der Waals surface area (Å²) < 4.78 is 5.02. The van der Waals surface area contributed by atoms with Gasteiger partial charge in [-0.05, 0) is 19.1 Å². The minimum Gasteiger partial charge on any atom is -0.393 e. The van der Waals surface area contributed by atoms with Crippen LogP contribution in [0, 0.1) is 6.92 Å². The number of methoxy groups -OCH3 is 1. The quantitative estimate of drug-likeness (QED) is 0.600. The Hall–Kier alpha value is -2.93. The second kappa shape index (κ2) is 7.10. The van der Waals surface area contributed by atoms with Crippen molar-refractivity contribution in [3.63, 3.8) is 0 Å². The Balaban J connectivity index is 1.91. The summed E-state index contributed by atoms with van der Waals surface area (Å²) in [6, 6.07) is 9.98. The molecule has 0 fully saturated rings. The number of nitrogens with two attached hydrogens (primary N) is 1. The van der Waals surface area contributed by atoms with Crippen LogP contribution in [0.3, 0.4) is 0 Å². The van der Waals surface area contributed by atoms with Gasteiger partial charge in [0.15, 0.2) is 11.6 Å². The maximum absolute atomic E-state index is 6.18. The molecule has 0 amide bonds. The van der Waals surface area contributed by atoms with Gasteiger partial charge < -0.3 is 21.1 Å². The molecule has 3 rings (SSSR count). The van der Waals surface area contributed by atoms with Crippen LogP contribution in [-0.4, -0.2) is 35.2 Å². The van der Waals surface area contributed by atoms with Crippen LogP contribution in [0.4, 0.5) is 23.0 Å². The molecule has 3 aromatic rings. The molecule has 0 aliphatic rings. The molecule has 0 aliphatic carbocycles. The van der Waals surface area contributed by atoms with E-state index in [0.717, 1.165) is 22.3 Å². The van der Waals surface area contributed by atoms with Crippen LogP contribution >= 0.6 is 0 Å². The first-order chi connectivity index (χ1) is 11.7. The number of para-hydroxylation sites is 1. The summed E-state index contributed by atoms with van der Waals surface area (Å²) in [6.45, 7) is 3.15. The standard InChI is InChI=1S/C17H20N6O/c1-11-6-7-12-4-3-5-13(15(12)22-11)23-17-14(18)16(20-10-21-17)19-8-9-24-2/h3-7,10H,8-9,18H2,1-2H3,(H2,19,20,21,23). The SMILES string of the molecule is COCCNc1ncnc(Nc2cccc3ccc(C)nc23)c1N. The van der Waals surface area contributed by atoms with Gasteiger partial charge in [0.25, 0.3) is 0 Å². The van der Waals surface area contributed by atoms with Gasteiger partial charge in [0.1, 0.15) is 12.0 Å². The number of nitrogens with zero attached hydrogens (tertiary/aromatic N) is 3. The second-order valence-corrected chi connectivity index (χ2v) is 5.36. The summed E-state index contributed by atoms with van der Waals surface area (Å²) in [4.78, 5) is 13.0. The minimum absolute atomic E-state index is 0.457. The van der Waals surface area contributed by atoms with Crippen molar-refractivity contribution in [1.29, 1.82) is 0 Å². The highest BCUT2D eigenvalue weighted by molar-refractivity contribution is 5.93. The first-order valence-electron chi connectivity index (χ1n) is 7.65. The van der Waals surface area contributed by atoms with Gasteiger partial charge >= 0.3 is 0 Å². The number of ether oxygens (including phenoxy) is 1. The molecule has 0 radical (unpaired) electrons. The van der Waals surface area contributed by atoms with Crippen molar-refractivity contribution in [2.24, 2.45) is 0 Å². The summed E-state index contributed by atoms with van der Waals surface area (Å²) in [5, 5.41) is 7.45. The van der Waals surface area contributed by atoms with Gasteiger partial charge in [-0.25, -0.2) is 9.97 Å². The zero-order chi connectivity index (χ0) is 16.9. The van der Waals surface area contributed by atoms with Gasteiger partial charge in [0.2, 0.25) is 0 Å². The fraction of sp³-hybridized carbons (Fsp3) is 0.235. The second-order valence-electron chi connectivity index (χ2n) is 5.36. The number of fused-ring (bicyclic) bond motifs is 1. The highest BCUT2D eigenvalue weighted by Crippen LogP contribution is 2.29. The van der Waals surface area contributed by atoms with Crippen LogP contribution in [0.5, 0.6) is 0 Å². The number of pyridine rings is 1. The smallest absolute Gasteiger partial charge is 0.159 e. The Labute approximate surface area is 140 Å². The molecule has 0 aliphatic heterocycles. The third-order valence-corrected chi connectivity index (χ3v) is 3.60. The molecule has 4 N–H and O–H groups in total. The average molecular weight is 324 g/mol. The molecule has 0 saturated carbocycles. The van der Waals surface area contributed by atoms with E-state index in [4.69, 9.17) is 10.5 Å². The van der Waals surface area contributed by atoms with Crippen molar-refractivity contribution < 1.29 is 4.74 Å². The van der Waals surface area contributed by atoms with E-state index in [9.17, 15) is 0 Å². The summed E-state index contributed by atoms with van der Waals surface area (Å²) in [5.41, 5.74) is 9.32. The molecule has 0 spiro atoms. The molecule has 0 unspecified atom stereocenters. The predicted octanol–water partition coefficient (Wildman–Crippen LogP) is 2.72. The summed E-state index contributed by atoms with van der Waals surface area (Å²) in [7, 11) is 1.65. The molecule has 7 nitrogen and oxygen atoms in total. The Bertz CT molecular complexity index is 852. The lowest BCUT2D eigenvalue weighted by atomic mass is 10.1. The summed E-state index contributed by atoms with van der Waals surface area (Å²) in [6.07, 6.45) is 1.47. The van der Waals surface area contributed by atoms with E-state index >= 15 is 0 Å². The van der Waals surface area contributed by atoms with Crippen LogP contribution in [0.1, 0.15) is 5.69 Å². The first-order valence-corrected chi connectivity index (χ1v) is 7.65. The highest BCUT2D eigenvalue weighted by atomic mass is 16.5. The number of hydrogen-bond donors (Lipinski definition) is 3. The Morgan fingerprint density at radius 3 is 2.79 bits per heavy atom. The number of anilines is 4. The van der Waals surface area contributed by atoms with Gasteiger partial charge in [0, 0.05) is 24.7 Å². The summed E-state index contributed by atoms with van der Waals surface area (Å²) >= 11 is 0. The predicted molar refractivity (Wildman–Crippen MR) is 96.6 cm³/mol. The van der Waals surface area contributed by atoms with Crippen molar-refractivity contribution in [3.05, 3.63) is 42.4 Å². The molecule has 24 heavy (non-hydrogen) atoms. The number of aromatic nitrogens is 3. The zero-order valence-corrected chi connectivity index (χ0v) is 13.7. The van der Waals surface area contributed by atoms with Crippen LogP contribution in [-0.2, 0) is 4.74 Å². The topological polar surface area (TPSA) is 98.0 Å². The van der Waals surface area contributed by atoms with Gasteiger partial charge in [0.05, 0.1) is 17.8 Å². The van der Waals surface area contributed by atoms with Crippen molar-refractivity contribution in [3.8, 4) is 0 Å². The molecule has 1 aromatic carbocycles. The van der Waals surface area contributed by atoms with Crippen LogP contribution in [0.25, 0.3) is 10.9 Å². The van der Waals surface area contributed by atoms with Gasteiger partial charge in [-0.2, -0.15) is 0 Å². The fourth-order valence-electron chi connectivity index (χ4n) is 2.38. The number of hydrogen-bond acceptors (Lipinski definition) is 7. The van der Waals surface area contributed by atoms with E-state index in [0.29, 0.717) is 30.5 Å². The lowest BCUT2D eigenvalue weighted by Gasteiger charge is -2.13. The van der Waals surface area contributed by atoms with E-state index < -0.39 is 0 Å². The molecular weight excluding hydrogens is 304 g/mol. The monoisotopic (exact) mass is 324 g/mol. The maximum Gasteiger partial charge on any atom is 0.159 e. The number of benzene rings is 1. The average Bonchev–Trinajstić information content (AvgIpc) is 2.59. The lowest BCUT2D eigenvalue weighted by molar-refractivity contribution is 0.210. The van der Waals surface area contributed by atoms with E-state index in [1.54, 1.807) is 7.11 Å². The summed E-state index contributed by atoms with van der Waals surface area (Å²) in [5.74, 6) is 1.12. The number of rotatable bonds is 6. The van der Waals surface area contributed by atoms with Crippen molar-refractivity contribution in [2.45, 2.75) is 6.92 Å². The molecule has 2 heterocycles. The molecule has 2 aromatic heterocycles. The number of aryl methyl sites for hydroxylation is 1. The van der Waals surface area contributed by atoms with Crippen molar-refractivity contribution in [1.82, 2.24) is 15.0 Å². The lowest BCUT2D eigenvalue weighted by Crippen LogP contribution is -2.12. The third kappa shape index (κ3) is 3.36. The largest absolute Gasteiger partial charge is 0.393 e. The van der Waals surface area contributed by atoms with Gasteiger partial charge in [-0.15, -0.1) is 0 Å². The normalized spacial score (nSPS) is 10.8. The first kappa shape index (κ1) is 15.9. The molecule has 124 valence electrons. The third-order valence-electron chi connectivity index (χ3n) is 3.60. The Kier molecular flexibility index (Phi) is 4.72. The highest BCUT2D eigenvalue weighted by Gasteiger charge is 2.10. The van der Waals surface area contributed by atoms with E-state index in [2.05, 4.69) is 25.6 Å². The number of nitrogen functional groups attached to an aromatic ring is 1. The minimum atomic E-state index is 0.457. The van der Waals surface area contributed by atoms with E-state index in [-0.39, 0.29) is 0 Å². The zero-order valence-electron chi connectivity index (χ0n) is 13.7. The number of nitrogens with one attached hydrogen (secondary N) is 2. The van der Waals surface area contributed by atoms with E-state index in [1.807, 2.05) is 37.3 Å². The Morgan fingerprint density at radius 2 is 1.96 bits per heavy atom. The van der Waals surface area contributed by atoms with Crippen LogP contribution < -0.4 is 16.4 Å². The fourth-order valence-corrected chi connectivity index (χ4v) is 2.38. The molecule has 0 bridgehead atoms.